The van der Waals surface area contributed by atoms with Gasteiger partial charge in [0.15, 0.2) is 0 Å². The van der Waals surface area contributed by atoms with Gasteiger partial charge in [0.05, 0.1) is 24.5 Å². The normalized spacial score (nSPS) is 10.0. The minimum Gasteiger partial charge on any atom is -0.550 e. The van der Waals surface area contributed by atoms with Crippen LogP contribution < -0.4 is 227 Å². The third-order valence-corrected chi connectivity index (χ3v) is 3.59. The fraction of sp³-hybridized carbons (Fsp3) is 0.562. The minimum atomic E-state index is -1.66. The van der Waals surface area contributed by atoms with Crippen LogP contribution in [0.3, 0.4) is 0 Å². The maximum atomic E-state index is 10.9. The van der Waals surface area contributed by atoms with E-state index in [1.165, 1.54) is 6.92 Å². The number of carboxylic acid groups (broad SMARTS) is 7. The number of hydrogen-bond acceptors (Lipinski definition) is 13. The molecule has 0 saturated heterocycles. The predicted octanol–water partition coefficient (Wildman–Crippen LogP) is -28.6. The fourth-order valence-electron chi connectivity index (χ4n) is 2.15. The predicted molar refractivity (Wildman–Crippen MR) is 88.6 cm³/mol. The summed E-state index contributed by atoms with van der Waals surface area (Å²) in [5.41, 5.74) is 0. The molecule has 182 valence electrons. The average molecular weight is 625 g/mol. The van der Waals surface area contributed by atoms with E-state index in [4.69, 9.17) is 15.3 Å². The largest absolute Gasteiger partial charge is 1.00 e. The first-order valence-corrected chi connectivity index (χ1v) is 8.53. The number of carbonyl (C=O) groups is 7. The Hall–Kier alpha value is 3.21. The van der Waals surface area contributed by atoms with E-state index in [1.807, 2.05) is 0 Å². The number of nitrogens with zero attached hydrogens (tertiary/aromatic N) is 2. The van der Waals surface area contributed by atoms with Crippen LogP contribution in [-0.4, -0.2) is 105 Å². The van der Waals surface area contributed by atoms with E-state index in [2.05, 4.69) is 0 Å². The summed E-state index contributed by atoms with van der Waals surface area (Å²) in [6.07, 6.45) is -1.08. The van der Waals surface area contributed by atoms with Crippen molar-refractivity contribution in [2.75, 3.05) is 26.2 Å². The third kappa shape index (κ3) is 39.2. The number of carbonyl (C=O) groups excluding carboxylic acids is 4. The third-order valence-electron chi connectivity index (χ3n) is 3.59. The molecule has 2 unspecified atom stereocenters. The van der Waals surface area contributed by atoms with Crippen LogP contribution in [0.15, 0.2) is 0 Å². The molecule has 0 spiro atoms. The molecule has 0 aliphatic heterocycles. The van der Waals surface area contributed by atoms with Gasteiger partial charge in [0.25, 0.3) is 0 Å². The Morgan fingerprint density at radius 3 is 1.13 bits per heavy atom. The molecule has 0 amide bonds. The van der Waals surface area contributed by atoms with E-state index in [0.29, 0.717) is 9.80 Å². The van der Waals surface area contributed by atoms with Crippen LogP contribution in [0, 0.1) is 0 Å². The summed E-state index contributed by atoms with van der Waals surface area (Å²) in [4.78, 5) is 74.0. The summed E-state index contributed by atoms with van der Waals surface area (Å²) in [5, 5.41) is 66.8. The number of aliphatic carboxylic acids is 7. The first kappa shape index (κ1) is 65.0. The van der Waals surface area contributed by atoms with Crippen molar-refractivity contribution in [1.29, 1.82) is 0 Å². The Kier molecular flexibility index (Phi) is 62.3. The van der Waals surface area contributed by atoms with E-state index < -0.39 is 92.9 Å². The van der Waals surface area contributed by atoms with Crippen molar-refractivity contribution < 1.29 is 276 Å². The van der Waals surface area contributed by atoms with Gasteiger partial charge in [-0.25, -0.2) is 0 Å². The van der Waals surface area contributed by atoms with Gasteiger partial charge in [-0.15, -0.1) is 0 Å². The van der Waals surface area contributed by atoms with Crippen LogP contribution >= 0.6 is 0 Å². The molecular formula is C16H20N2Na7O14+3. The summed E-state index contributed by atoms with van der Waals surface area (Å²) in [5.74, 6) is -10.5. The summed E-state index contributed by atoms with van der Waals surface area (Å²) in [7, 11) is 0. The molecule has 0 radical (unpaired) electrons. The van der Waals surface area contributed by atoms with Gasteiger partial charge < -0.3 is 54.9 Å². The maximum Gasteiger partial charge on any atom is 1.00 e. The number of rotatable bonds is 15. The van der Waals surface area contributed by atoms with E-state index in [1.54, 1.807) is 0 Å². The van der Waals surface area contributed by atoms with Crippen LogP contribution in [0.4, 0.5) is 0 Å². The zero-order valence-electron chi connectivity index (χ0n) is 23.6. The topological polar surface area (TPSA) is 279 Å². The van der Waals surface area contributed by atoms with Crippen LogP contribution in [0.2, 0.25) is 0 Å². The zero-order chi connectivity index (χ0) is 25.6. The number of hydrogen-bond donors (Lipinski definition) is 3. The molecule has 0 fully saturated rings. The van der Waals surface area contributed by atoms with Crippen LogP contribution in [-0.2, 0) is 33.6 Å². The molecule has 0 rings (SSSR count). The van der Waals surface area contributed by atoms with Crippen molar-refractivity contribution in [3.63, 3.8) is 0 Å². The van der Waals surface area contributed by atoms with Crippen molar-refractivity contribution in [1.82, 2.24) is 9.80 Å². The quantitative estimate of drug-likeness (QED) is 0.142. The fourth-order valence-corrected chi connectivity index (χ4v) is 2.15. The van der Waals surface area contributed by atoms with Crippen molar-refractivity contribution in [2.45, 2.75) is 31.8 Å². The molecule has 0 bridgehead atoms. The Labute approximate surface area is 378 Å². The summed E-state index contributed by atoms with van der Waals surface area (Å²) in [6, 6.07) is -2.76. The molecule has 0 aromatic heterocycles. The molecule has 3 N–H and O–H groups in total. The molecule has 0 aromatic rings. The summed E-state index contributed by atoms with van der Waals surface area (Å²) < 4.78 is 0. The monoisotopic (exact) mass is 625 g/mol. The maximum absolute atomic E-state index is 10.9. The smallest absolute Gasteiger partial charge is 0.550 e. The zero-order valence-corrected chi connectivity index (χ0v) is 37.6. The second kappa shape index (κ2) is 37.4. The van der Waals surface area contributed by atoms with Crippen molar-refractivity contribution in [2.24, 2.45) is 0 Å². The molecular weight excluding hydrogens is 605 g/mol. The standard InChI is InChI=1S/C9H13NO8.C7H11NO6.7Na/c11-6(12)2-1-5(9(17)18)10(3-7(13)14)4-8(15)16;1-4(7(13)14)8(2-5(9)10)3-6(11)12;;;;;;;/h5H,1-4H2,(H,11,12)(H,13,14)(H,15,16)(H,17,18);4H,2-3H2,1H3,(H,9,10)(H,11,12)(H,13,14);;;;;;;/q;;7*+1/p-4. The molecule has 23 heteroatoms. The Morgan fingerprint density at radius 1 is 0.564 bits per heavy atom. The second-order valence-electron chi connectivity index (χ2n) is 6.10. The van der Waals surface area contributed by atoms with Gasteiger partial charge in [-0.1, -0.05) is 0 Å². The van der Waals surface area contributed by atoms with Crippen LogP contribution in [0.1, 0.15) is 19.8 Å². The first-order chi connectivity index (χ1) is 14.6. The summed E-state index contributed by atoms with van der Waals surface area (Å²) in [6.45, 7) is -2.12. The molecule has 0 aliphatic rings. The Morgan fingerprint density at radius 2 is 0.897 bits per heavy atom. The van der Waals surface area contributed by atoms with Crippen molar-refractivity contribution in [3.05, 3.63) is 0 Å². The molecule has 39 heavy (non-hydrogen) atoms. The van der Waals surface area contributed by atoms with E-state index >= 15 is 0 Å². The van der Waals surface area contributed by atoms with E-state index in [9.17, 15) is 54.0 Å². The van der Waals surface area contributed by atoms with E-state index in [0.717, 1.165) is 0 Å². The molecule has 2 atom stereocenters. The van der Waals surface area contributed by atoms with Crippen LogP contribution in [0.5, 0.6) is 0 Å². The van der Waals surface area contributed by atoms with Gasteiger partial charge in [0.2, 0.25) is 0 Å². The SMILES string of the molecule is CC(C(=O)O)N(CC(=O)[O-])CC(=O)[O-].O=C([O-])CCC(C(=O)O)N(CC(=O)[O-])CC(=O)O.[Na+].[Na+].[Na+].[Na+].[Na+].[Na+].[Na+]. The Balaban J connectivity index is -0.0000000570. The van der Waals surface area contributed by atoms with Gasteiger partial charge in [-0.05, 0) is 19.8 Å². The van der Waals surface area contributed by atoms with Crippen LogP contribution in [0.25, 0.3) is 0 Å². The molecule has 0 aliphatic carbocycles. The number of carboxylic acids is 7. The molecule has 0 aromatic carbocycles. The van der Waals surface area contributed by atoms with Crippen molar-refractivity contribution >= 4 is 41.8 Å². The molecule has 0 saturated carbocycles. The first-order valence-electron chi connectivity index (χ1n) is 8.53. The summed E-state index contributed by atoms with van der Waals surface area (Å²) >= 11 is 0. The van der Waals surface area contributed by atoms with Gasteiger partial charge in [0.1, 0.15) is 12.1 Å². The average Bonchev–Trinajstić information content (AvgIpc) is 2.58. The van der Waals surface area contributed by atoms with Crippen molar-refractivity contribution in [3.8, 4) is 0 Å². The van der Waals surface area contributed by atoms with Gasteiger partial charge >= 0.3 is 225 Å². The second-order valence-corrected chi connectivity index (χ2v) is 6.10. The Bertz CT molecular complexity index is 716. The van der Waals surface area contributed by atoms with Gasteiger partial charge in [0, 0.05) is 25.6 Å². The molecule has 0 heterocycles. The minimum absolute atomic E-state index is 0. The van der Waals surface area contributed by atoms with Gasteiger partial charge in [-0.2, -0.15) is 0 Å². The van der Waals surface area contributed by atoms with Gasteiger partial charge in [-0.3, -0.25) is 24.2 Å². The molecule has 16 nitrogen and oxygen atoms in total. The van der Waals surface area contributed by atoms with E-state index in [-0.39, 0.29) is 207 Å².